The van der Waals surface area contributed by atoms with Crippen LogP contribution in [-0.2, 0) is 13.5 Å². The van der Waals surface area contributed by atoms with Gasteiger partial charge in [0, 0.05) is 31.0 Å². The van der Waals surface area contributed by atoms with E-state index in [4.69, 9.17) is 6.42 Å². The molecule has 2 aromatic rings. The van der Waals surface area contributed by atoms with Gasteiger partial charge in [-0.15, -0.1) is 6.42 Å². The van der Waals surface area contributed by atoms with Crippen molar-refractivity contribution in [1.29, 1.82) is 0 Å². The number of hydrogen-bond donors (Lipinski definition) is 1. The minimum absolute atomic E-state index is 0.875. The lowest BCUT2D eigenvalue weighted by molar-refractivity contribution is 0.767. The Morgan fingerprint density at radius 3 is 3.06 bits per heavy atom. The van der Waals surface area contributed by atoms with Crippen molar-refractivity contribution in [3.8, 4) is 12.3 Å². The highest BCUT2D eigenvalue weighted by Gasteiger charge is 1.97. The first-order valence-electron chi connectivity index (χ1n) is 5.56. The average molecular weight is 225 g/mol. The van der Waals surface area contributed by atoms with Gasteiger partial charge in [0.25, 0.3) is 0 Å². The highest BCUT2D eigenvalue weighted by Crippen LogP contribution is 2.09. The molecule has 0 spiro atoms. The summed E-state index contributed by atoms with van der Waals surface area (Å²) in [7, 11) is 1.92. The molecule has 1 aromatic heterocycles. The highest BCUT2D eigenvalue weighted by molar-refractivity contribution is 5.49. The number of benzene rings is 1. The second-order valence-corrected chi connectivity index (χ2v) is 3.92. The smallest absolute Gasteiger partial charge is 0.0522 e. The Morgan fingerprint density at radius 2 is 2.35 bits per heavy atom. The van der Waals surface area contributed by atoms with E-state index in [1.807, 2.05) is 48.4 Å². The molecule has 0 saturated carbocycles. The number of terminal acetylenes is 1. The van der Waals surface area contributed by atoms with Crippen LogP contribution in [0.5, 0.6) is 0 Å². The van der Waals surface area contributed by atoms with Crippen LogP contribution in [0, 0.1) is 12.3 Å². The maximum Gasteiger partial charge on any atom is 0.0522 e. The molecule has 1 aromatic carbocycles. The van der Waals surface area contributed by atoms with E-state index < -0.39 is 0 Å². The van der Waals surface area contributed by atoms with Crippen LogP contribution in [0.2, 0.25) is 0 Å². The van der Waals surface area contributed by atoms with Gasteiger partial charge in [-0.05, 0) is 30.2 Å². The zero-order chi connectivity index (χ0) is 12.1. The second-order valence-electron chi connectivity index (χ2n) is 3.92. The SMILES string of the molecule is C#Cc1cccc(NCCc2cnn(C)c2)c1. The molecule has 0 aliphatic heterocycles. The van der Waals surface area contributed by atoms with E-state index >= 15 is 0 Å². The summed E-state index contributed by atoms with van der Waals surface area (Å²) in [6.45, 7) is 0.875. The summed E-state index contributed by atoms with van der Waals surface area (Å²) in [6, 6.07) is 7.88. The number of hydrogen-bond acceptors (Lipinski definition) is 2. The molecule has 0 saturated heterocycles. The molecular formula is C14H15N3. The van der Waals surface area contributed by atoms with Crippen molar-refractivity contribution in [2.45, 2.75) is 6.42 Å². The van der Waals surface area contributed by atoms with Crippen LogP contribution in [-0.4, -0.2) is 16.3 Å². The van der Waals surface area contributed by atoms with Gasteiger partial charge < -0.3 is 5.32 Å². The predicted octanol–water partition coefficient (Wildman–Crippen LogP) is 2.06. The van der Waals surface area contributed by atoms with Crippen molar-refractivity contribution in [2.24, 2.45) is 7.05 Å². The number of aryl methyl sites for hydroxylation is 1. The summed E-state index contributed by atoms with van der Waals surface area (Å²) in [5.74, 6) is 2.63. The van der Waals surface area contributed by atoms with Crippen molar-refractivity contribution in [2.75, 3.05) is 11.9 Å². The maximum atomic E-state index is 5.35. The fourth-order valence-electron chi connectivity index (χ4n) is 1.67. The number of nitrogens with zero attached hydrogens (tertiary/aromatic N) is 2. The van der Waals surface area contributed by atoms with Crippen LogP contribution in [0.25, 0.3) is 0 Å². The minimum atomic E-state index is 0.875. The Morgan fingerprint density at radius 1 is 1.47 bits per heavy atom. The van der Waals surface area contributed by atoms with Gasteiger partial charge in [-0.2, -0.15) is 5.10 Å². The normalized spacial score (nSPS) is 9.88. The van der Waals surface area contributed by atoms with Gasteiger partial charge >= 0.3 is 0 Å². The predicted molar refractivity (Wildman–Crippen MR) is 69.8 cm³/mol. The third kappa shape index (κ3) is 3.12. The molecule has 0 unspecified atom stereocenters. The molecule has 17 heavy (non-hydrogen) atoms. The lowest BCUT2D eigenvalue weighted by Crippen LogP contribution is -2.04. The maximum absolute atomic E-state index is 5.35. The Kier molecular flexibility index (Phi) is 3.46. The molecule has 1 heterocycles. The third-order valence-electron chi connectivity index (χ3n) is 2.53. The molecule has 1 N–H and O–H groups in total. The van der Waals surface area contributed by atoms with Gasteiger partial charge in [0.05, 0.1) is 6.20 Å². The van der Waals surface area contributed by atoms with E-state index in [0.717, 1.165) is 24.2 Å². The van der Waals surface area contributed by atoms with E-state index in [1.165, 1.54) is 5.56 Å². The van der Waals surface area contributed by atoms with E-state index in [2.05, 4.69) is 16.3 Å². The zero-order valence-electron chi connectivity index (χ0n) is 9.85. The first-order chi connectivity index (χ1) is 8.28. The first kappa shape index (κ1) is 11.3. The Labute approximate surface area is 101 Å². The number of aromatic nitrogens is 2. The molecule has 0 aliphatic carbocycles. The molecule has 0 atom stereocenters. The van der Waals surface area contributed by atoms with Crippen molar-refractivity contribution in [3.05, 3.63) is 47.8 Å². The summed E-state index contributed by atoms with van der Waals surface area (Å²) >= 11 is 0. The van der Waals surface area contributed by atoms with Crippen LogP contribution in [0.4, 0.5) is 5.69 Å². The molecule has 0 radical (unpaired) electrons. The molecular weight excluding hydrogens is 210 g/mol. The van der Waals surface area contributed by atoms with Crippen LogP contribution in [0.15, 0.2) is 36.7 Å². The number of anilines is 1. The van der Waals surface area contributed by atoms with Gasteiger partial charge in [0.1, 0.15) is 0 Å². The molecule has 2 rings (SSSR count). The minimum Gasteiger partial charge on any atom is -0.385 e. The van der Waals surface area contributed by atoms with Gasteiger partial charge in [-0.3, -0.25) is 4.68 Å². The van der Waals surface area contributed by atoms with Crippen molar-refractivity contribution in [1.82, 2.24) is 9.78 Å². The Hall–Kier alpha value is -2.21. The quantitative estimate of drug-likeness (QED) is 0.807. The standard InChI is InChI=1S/C14H15N3/c1-3-12-5-4-6-14(9-12)15-8-7-13-10-16-17(2)11-13/h1,4-6,9-11,15H,7-8H2,2H3. The molecule has 0 fully saturated rings. The van der Waals surface area contributed by atoms with E-state index in [1.54, 1.807) is 0 Å². The van der Waals surface area contributed by atoms with E-state index in [9.17, 15) is 0 Å². The number of nitrogens with one attached hydrogen (secondary N) is 1. The molecule has 0 amide bonds. The lowest BCUT2D eigenvalue weighted by Gasteiger charge is -2.05. The third-order valence-corrected chi connectivity index (χ3v) is 2.53. The second kappa shape index (κ2) is 5.22. The first-order valence-corrected chi connectivity index (χ1v) is 5.56. The topological polar surface area (TPSA) is 29.9 Å². The summed E-state index contributed by atoms with van der Waals surface area (Å²) in [5, 5.41) is 7.48. The van der Waals surface area contributed by atoms with Gasteiger partial charge in [-0.1, -0.05) is 12.0 Å². The zero-order valence-corrected chi connectivity index (χ0v) is 9.85. The molecule has 3 nitrogen and oxygen atoms in total. The number of rotatable bonds is 4. The van der Waals surface area contributed by atoms with Crippen LogP contribution in [0.3, 0.4) is 0 Å². The van der Waals surface area contributed by atoms with Crippen molar-refractivity contribution >= 4 is 5.69 Å². The van der Waals surface area contributed by atoms with Crippen LogP contribution in [0.1, 0.15) is 11.1 Å². The van der Waals surface area contributed by atoms with E-state index in [-0.39, 0.29) is 0 Å². The summed E-state index contributed by atoms with van der Waals surface area (Å²) in [6.07, 6.45) is 10.2. The Balaban J connectivity index is 1.88. The Bertz CT molecular complexity index is 534. The summed E-state index contributed by atoms with van der Waals surface area (Å²) in [5.41, 5.74) is 3.19. The average Bonchev–Trinajstić information content (AvgIpc) is 2.75. The summed E-state index contributed by atoms with van der Waals surface area (Å²) in [4.78, 5) is 0. The summed E-state index contributed by atoms with van der Waals surface area (Å²) < 4.78 is 1.81. The van der Waals surface area contributed by atoms with Crippen molar-refractivity contribution in [3.63, 3.8) is 0 Å². The monoisotopic (exact) mass is 225 g/mol. The van der Waals surface area contributed by atoms with Crippen LogP contribution < -0.4 is 5.32 Å². The largest absolute Gasteiger partial charge is 0.385 e. The van der Waals surface area contributed by atoms with Gasteiger partial charge in [-0.25, -0.2) is 0 Å². The fourth-order valence-corrected chi connectivity index (χ4v) is 1.67. The van der Waals surface area contributed by atoms with Gasteiger partial charge in [0.2, 0.25) is 0 Å². The molecule has 3 heteroatoms. The fraction of sp³-hybridized carbons (Fsp3) is 0.214. The van der Waals surface area contributed by atoms with Gasteiger partial charge in [0.15, 0.2) is 0 Å². The molecule has 86 valence electrons. The van der Waals surface area contributed by atoms with Crippen molar-refractivity contribution < 1.29 is 0 Å². The molecule has 0 bridgehead atoms. The van der Waals surface area contributed by atoms with E-state index in [0.29, 0.717) is 0 Å². The lowest BCUT2D eigenvalue weighted by atomic mass is 10.2. The van der Waals surface area contributed by atoms with Crippen LogP contribution >= 0.6 is 0 Å². The molecule has 0 aliphatic rings. The highest BCUT2D eigenvalue weighted by atomic mass is 15.2.